The highest BCUT2D eigenvalue weighted by molar-refractivity contribution is 5.90. The van der Waals surface area contributed by atoms with Gasteiger partial charge in [0.15, 0.2) is 0 Å². The fraction of sp³-hybridized carbons (Fsp3) is 0.261. The van der Waals surface area contributed by atoms with Crippen molar-refractivity contribution in [3.05, 3.63) is 86.7 Å². The molecular weight excluding hydrogens is 382 g/mol. The summed E-state index contributed by atoms with van der Waals surface area (Å²) in [5.74, 6) is 0.481. The maximum atomic E-state index is 12.7. The van der Waals surface area contributed by atoms with Crippen LogP contribution in [0.1, 0.15) is 30.9 Å². The molecule has 0 saturated carbocycles. The molecule has 0 bridgehead atoms. The van der Waals surface area contributed by atoms with Crippen LogP contribution in [0.3, 0.4) is 0 Å². The number of benzene rings is 2. The molecule has 0 unspecified atom stereocenters. The molecule has 0 spiro atoms. The first-order valence-corrected chi connectivity index (χ1v) is 9.67. The fourth-order valence-corrected chi connectivity index (χ4v) is 3.12. The van der Waals surface area contributed by atoms with E-state index in [0.717, 1.165) is 10.1 Å². The molecule has 156 valence electrons. The molecule has 0 fully saturated rings. The molecule has 7 nitrogen and oxygen atoms in total. The van der Waals surface area contributed by atoms with Crippen molar-refractivity contribution in [1.82, 2.24) is 9.13 Å². The Hall–Kier alpha value is -3.61. The van der Waals surface area contributed by atoms with Gasteiger partial charge in [-0.3, -0.25) is 23.5 Å². The number of hydrogen-bond acceptors (Lipinski definition) is 4. The van der Waals surface area contributed by atoms with Crippen molar-refractivity contribution in [3.8, 4) is 11.4 Å². The molecule has 30 heavy (non-hydrogen) atoms. The monoisotopic (exact) mass is 407 g/mol. The minimum absolute atomic E-state index is 0.258. The molecule has 1 N–H and O–H groups in total. The average molecular weight is 407 g/mol. The Morgan fingerprint density at radius 1 is 1.03 bits per heavy atom. The van der Waals surface area contributed by atoms with Crippen molar-refractivity contribution in [3.63, 3.8) is 0 Å². The van der Waals surface area contributed by atoms with Gasteiger partial charge >= 0.3 is 11.1 Å². The number of aryl methyl sites for hydroxylation is 1. The fourth-order valence-electron chi connectivity index (χ4n) is 3.12. The van der Waals surface area contributed by atoms with Crippen molar-refractivity contribution in [2.75, 3.05) is 12.4 Å². The van der Waals surface area contributed by atoms with Crippen molar-refractivity contribution in [1.29, 1.82) is 0 Å². The van der Waals surface area contributed by atoms with E-state index in [2.05, 4.69) is 19.2 Å². The first-order chi connectivity index (χ1) is 14.3. The summed E-state index contributed by atoms with van der Waals surface area (Å²) in [7, 11) is 1.50. The second kappa shape index (κ2) is 8.82. The van der Waals surface area contributed by atoms with Crippen LogP contribution in [-0.4, -0.2) is 22.2 Å². The molecule has 0 aliphatic rings. The zero-order valence-electron chi connectivity index (χ0n) is 17.5. The third kappa shape index (κ3) is 4.51. The third-order valence-electron chi connectivity index (χ3n) is 4.83. The third-order valence-corrected chi connectivity index (χ3v) is 4.83. The Labute approximate surface area is 174 Å². The molecule has 1 heterocycles. The summed E-state index contributed by atoms with van der Waals surface area (Å²) in [6.07, 6.45) is 2.89. The van der Waals surface area contributed by atoms with E-state index in [1.165, 1.54) is 29.6 Å². The van der Waals surface area contributed by atoms with Crippen molar-refractivity contribution in [2.45, 2.75) is 33.2 Å². The van der Waals surface area contributed by atoms with E-state index in [1.807, 2.05) is 37.3 Å². The zero-order chi connectivity index (χ0) is 21.8. The van der Waals surface area contributed by atoms with E-state index in [-0.39, 0.29) is 12.5 Å². The average Bonchev–Trinajstić information content (AvgIpc) is 2.72. The number of aromatic nitrogens is 2. The molecule has 0 saturated heterocycles. The Morgan fingerprint density at radius 3 is 2.37 bits per heavy atom. The predicted octanol–water partition coefficient (Wildman–Crippen LogP) is 3.08. The molecule has 0 aliphatic heterocycles. The number of nitrogens with zero attached hydrogens (tertiary/aromatic N) is 2. The van der Waals surface area contributed by atoms with E-state index in [1.54, 1.807) is 12.1 Å². The predicted molar refractivity (Wildman–Crippen MR) is 117 cm³/mol. The molecule has 7 heteroatoms. The van der Waals surface area contributed by atoms with Crippen LogP contribution in [0.25, 0.3) is 5.69 Å². The summed E-state index contributed by atoms with van der Waals surface area (Å²) in [5.41, 5.74) is 1.66. The number of carbonyl (C=O) groups is 1. The Bertz CT molecular complexity index is 1170. The van der Waals surface area contributed by atoms with Gasteiger partial charge in [0.05, 0.1) is 12.8 Å². The summed E-state index contributed by atoms with van der Waals surface area (Å²) in [4.78, 5) is 37.6. The van der Waals surface area contributed by atoms with Gasteiger partial charge < -0.3 is 10.1 Å². The van der Waals surface area contributed by atoms with Crippen LogP contribution in [0.4, 0.5) is 5.69 Å². The van der Waals surface area contributed by atoms with Gasteiger partial charge in [0.25, 0.3) is 0 Å². The number of ether oxygens (including phenoxy) is 1. The highest BCUT2D eigenvalue weighted by Gasteiger charge is 2.13. The number of methoxy groups -OCH3 is 1. The van der Waals surface area contributed by atoms with Gasteiger partial charge in [0.1, 0.15) is 12.3 Å². The van der Waals surface area contributed by atoms with Gasteiger partial charge in [-0.2, -0.15) is 0 Å². The van der Waals surface area contributed by atoms with E-state index in [0.29, 0.717) is 23.0 Å². The van der Waals surface area contributed by atoms with Gasteiger partial charge in [-0.15, -0.1) is 0 Å². The lowest BCUT2D eigenvalue weighted by molar-refractivity contribution is -0.116. The lowest BCUT2D eigenvalue weighted by atomic mass is 10.0. The minimum atomic E-state index is -0.786. The van der Waals surface area contributed by atoms with Crippen molar-refractivity contribution >= 4 is 11.6 Å². The maximum Gasteiger partial charge on any atom is 0.321 e. The Kier molecular flexibility index (Phi) is 6.20. The van der Waals surface area contributed by atoms with Crippen LogP contribution in [0.15, 0.2) is 64.4 Å². The molecule has 0 aliphatic carbocycles. The lowest BCUT2D eigenvalue weighted by Crippen LogP contribution is -2.41. The largest absolute Gasteiger partial charge is 0.495 e. The number of nitrogens with one attached hydrogen (secondary N) is 1. The molecule has 3 rings (SSSR count). The van der Waals surface area contributed by atoms with Crippen LogP contribution in [0.5, 0.6) is 5.75 Å². The van der Waals surface area contributed by atoms with Crippen LogP contribution in [0.2, 0.25) is 0 Å². The number of anilines is 1. The van der Waals surface area contributed by atoms with Gasteiger partial charge in [-0.05, 0) is 48.2 Å². The quantitative estimate of drug-likeness (QED) is 0.637. The van der Waals surface area contributed by atoms with Gasteiger partial charge in [0.2, 0.25) is 5.91 Å². The molecule has 2 aromatic carbocycles. The standard InChI is InChI=1S/C23H25N3O4/c1-15(2)17-6-8-18(9-7-17)24-21(27)14-25-11-12-26(23(29)22(25)28)19-13-16(3)5-10-20(19)30-4/h5-13,15H,14H2,1-4H3,(H,24,27). The molecule has 1 aromatic heterocycles. The first-order valence-electron chi connectivity index (χ1n) is 9.67. The minimum Gasteiger partial charge on any atom is -0.495 e. The maximum absolute atomic E-state index is 12.7. The highest BCUT2D eigenvalue weighted by Crippen LogP contribution is 2.22. The van der Waals surface area contributed by atoms with E-state index in [9.17, 15) is 14.4 Å². The summed E-state index contributed by atoms with van der Waals surface area (Å²) in [5, 5.41) is 2.75. The van der Waals surface area contributed by atoms with E-state index < -0.39 is 11.1 Å². The Morgan fingerprint density at radius 2 is 1.73 bits per heavy atom. The van der Waals surface area contributed by atoms with Gasteiger partial charge in [-0.25, -0.2) is 0 Å². The van der Waals surface area contributed by atoms with E-state index in [4.69, 9.17) is 4.74 Å². The van der Waals surface area contributed by atoms with Gasteiger partial charge in [0, 0.05) is 18.1 Å². The number of carbonyl (C=O) groups excluding carboxylic acids is 1. The van der Waals surface area contributed by atoms with Crippen LogP contribution >= 0.6 is 0 Å². The van der Waals surface area contributed by atoms with Crippen molar-refractivity contribution in [2.24, 2.45) is 0 Å². The van der Waals surface area contributed by atoms with Crippen LogP contribution in [0, 0.1) is 6.92 Å². The molecule has 0 atom stereocenters. The van der Waals surface area contributed by atoms with Crippen LogP contribution < -0.4 is 21.2 Å². The van der Waals surface area contributed by atoms with Crippen molar-refractivity contribution < 1.29 is 9.53 Å². The molecule has 0 radical (unpaired) electrons. The zero-order valence-corrected chi connectivity index (χ0v) is 17.5. The summed E-state index contributed by atoms with van der Waals surface area (Å²) >= 11 is 0. The Balaban J connectivity index is 1.82. The molecule has 3 aromatic rings. The molecular formula is C23H25N3O4. The number of hydrogen-bond donors (Lipinski definition) is 1. The summed E-state index contributed by atoms with van der Waals surface area (Å²) in [6.45, 7) is 5.81. The SMILES string of the molecule is COc1ccc(C)cc1-n1ccn(CC(=O)Nc2ccc(C(C)C)cc2)c(=O)c1=O. The first kappa shape index (κ1) is 21.1. The summed E-state index contributed by atoms with van der Waals surface area (Å²) in [6, 6.07) is 12.9. The summed E-state index contributed by atoms with van der Waals surface area (Å²) < 4.78 is 7.63. The van der Waals surface area contributed by atoms with E-state index >= 15 is 0 Å². The lowest BCUT2D eigenvalue weighted by Gasteiger charge is -2.13. The second-order valence-electron chi connectivity index (χ2n) is 7.41. The van der Waals surface area contributed by atoms with Gasteiger partial charge in [-0.1, -0.05) is 32.0 Å². The highest BCUT2D eigenvalue weighted by atomic mass is 16.5. The second-order valence-corrected chi connectivity index (χ2v) is 7.41. The van der Waals surface area contributed by atoms with Crippen LogP contribution in [-0.2, 0) is 11.3 Å². The smallest absolute Gasteiger partial charge is 0.321 e. The number of amides is 1. The normalized spacial score (nSPS) is 10.8. The molecule has 1 amide bonds. The number of rotatable bonds is 6. The topological polar surface area (TPSA) is 82.3 Å².